The fraction of sp³-hybridized carbons (Fsp3) is 0.214. The Morgan fingerprint density at radius 2 is 1.73 bits per heavy atom. The predicted octanol–water partition coefficient (Wildman–Crippen LogP) is -0.745. The maximum atomic E-state index is 12.1. The smallest absolute Gasteiger partial charge is 0.493 e. The molecule has 112 valence electrons. The average Bonchev–Trinajstić information content (AvgIpc) is 2.44. The van der Waals surface area contributed by atoms with E-state index in [1.165, 1.54) is 4.90 Å². The van der Waals surface area contributed by atoms with E-state index in [9.17, 15) is 14.4 Å². The van der Waals surface area contributed by atoms with E-state index in [0.717, 1.165) is 0 Å². The summed E-state index contributed by atoms with van der Waals surface area (Å²) in [6.45, 7) is -0.0488. The van der Waals surface area contributed by atoms with Gasteiger partial charge < -0.3 is 14.3 Å². The highest BCUT2D eigenvalue weighted by atomic mass is 16.6. The van der Waals surface area contributed by atoms with Crippen molar-refractivity contribution in [2.45, 2.75) is 0 Å². The van der Waals surface area contributed by atoms with Gasteiger partial charge in [-0.25, -0.2) is 0 Å². The summed E-state index contributed by atoms with van der Waals surface area (Å²) in [5, 5.41) is 1.18. The molecule has 1 aliphatic heterocycles. The van der Waals surface area contributed by atoms with Gasteiger partial charge in [-0.2, -0.15) is 0 Å². The molecule has 0 amide bonds. The van der Waals surface area contributed by atoms with Crippen LogP contribution in [0.2, 0.25) is 0 Å². The Bertz CT molecular complexity index is 783. The fourth-order valence-corrected chi connectivity index (χ4v) is 2.32. The first-order valence-corrected chi connectivity index (χ1v) is 6.72. The molecule has 1 aromatic heterocycles. The zero-order valence-electron chi connectivity index (χ0n) is 11.9. The predicted molar refractivity (Wildman–Crippen MR) is 79.6 cm³/mol. The van der Waals surface area contributed by atoms with Crippen LogP contribution in [0.5, 0.6) is 0 Å². The molecular weight excluding hydrogens is 287 g/mol. The van der Waals surface area contributed by atoms with Gasteiger partial charge >= 0.3 is 19.1 Å². The SMILES string of the molecule is CN1CC(=O)OB(c2cc3ccccc3c(=O)[nH]2)OC(=O)C1. The molecule has 2 aromatic rings. The maximum Gasteiger partial charge on any atom is 0.653 e. The first-order valence-electron chi connectivity index (χ1n) is 6.72. The molecule has 7 nitrogen and oxygen atoms in total. The van der Waals surface area contributed by atoms with Crippen LogP contribution in [0.3, 0.4) is 0 Å². The van der Waals surface area contributed by atoms with Crippen molar-refractivity contribution < 1.29 is 18.9 Å². The van der Waals surface area contributed by atoms with Gasteiger partial charge in [0.05, 0.1) is 18.7 Å². The third kappa shape index (κ3) is 2.87. The van der Waals surface area contributed by atoms with E-state index < -0.39 is 19.1 Å². The molecule has 0 bridgehead atoms. The van der Waals surface area contributed by atoms with Gasteiger partial charge in [-0.3, -0.25) is 19.3 Å². The van der Waals surface area contributed by atoms with Gasteiger partial charge in [-0.05, 0) is 24.6 Å². The Morgan fingerprint density at radius 3 is 2.41 bits per heavy atom. The van der Waals surface area contributed by atoms with Gasteiger partial charge in [0, 0.05) is 5.39 Å². The summed E-state index contributed by atoms with van der Waals surface area (Å²) in [5.74, 6) is -1.07. The van der Waals surface area contributed by atoms with Crippen LogP contribution >= 0.6 is 0 Å². The van der Waals surface area contributed by atoms with Crippen molar-refractivity contribution in [2.24, 2.45) is 0 Å². The molecule has 0 spiro atoms. The molecular formula is C14H13BN2O5. The third-order valence-corrected chi connectivity index (χ3v) is 3.30. The van der Waals surface area contributed by atoms with Crippen molar-refractivity contribution in [3.05, 3.63) is 40.7 Å². The van der Waals surface area contributed by atoms with Crippen LogP contribution in [0.1, 0.15) is 0 Å². The van der Waals surface area contributed by atoms with Crippen LogP contribution in [0.25, 0.3) is 10.8 Å². The quantitative estimate of drug-likeness (QED) is 0.698. The first kappa shape index (κ1) is 14.3. The highest BCUT2D eigenvalue weighted by Gasteiger charge is 2.34. The van der Waals surface area contributed by atoms with Crippen molar-refractivity contribution in [3.63, 3.8) is 0 Å². The standard InChI is InChI=1S/C14H13BN2O5/c1-17-7-12(18)21-15(22-13(19)8-17)11-6-9-4-2-3-5-10(9)14(20)16-11/h2-6H,7-8H2,1H3,(H,16,20). The Kier molecular flexibility index (Phi) is 3.68. The lowest BCUT2D eigenvalue weighted by molar-refractivity contribution is -0.145. The summed E-state index contributed by atoms with van der Waals surface area (Å²) >= 11 is 0. The second-order valence-electron chi connectivity index (χ2n) is 5.12. The minimum Gasteiger partial charge on any atom is -0.493 e. The Balaban J connectivity index is 2.00. The van der Waals surface area contributed by atoms with Gasteiger partial charge in [-0.15, -0.1) is 0 Å². The lowest BCUT2D eigenvalue weighted by Crippen LogP contribution is -2.49. The van der Waals surface area contributed by atoms with E-state index in [0.29, 0.717) is 10.8 Å². The topological polar surface area (TPSA) is 88.7 Å². The number of fused-ring (bicyclic) bond motifs is 1. The number of carbonyl (C=O) groups is 2. The number of nitrogens with one attached hydrogen (secondary N) is 1. The van der Waals surface area contributed by atoms with E-state index >= 15 is 0 Å². The van der Waals surface area contributed by atoms with Crippen molar-refractivity contribution in [3.8, 4) is 0 Å². The van der Waals surface area contributed by atoms with Crippen molar-refractivity contribution in [1.82, 2.24) is 9.88 Å². The highest BCUT2D eigenvalue weighted by molar-refractivity contribution is 6.63. The van der Waals surface area contributed by atoms with E-state index in [4.69, 9.17) is 9.31 Å². The number of aromatic amines is 1. The number of H-pyrrole nitrogens is 1. The zero-order chi connectivity index (χ0) is 15.7. The normalized spacial score (nSPS) is 16.9. The molecule has 1 aliphatic rings. The second-order valence-corrected chi connectivity index (χ2v) is 5.12. The maximum absolute atomic E-state index is 12.1. The zero-order valence-corrected chi connectivity index (χ0v) is 11.9. The molecule has 22 heavy (non-hydrogen) atoms. The van der Waals surface area contributed by atoms with E-state index in [-0.39, 0.29) is 24.2 Å². The summed E-state index contributed by atoms with van der Waals surface area (Å²) < 4.78 is 10.3. The molecule has 0 unspecified atom stereocenters. The molecule has 3 rings (SSSR count). The molecule has 0 saturated carbocycles. The molecule has 2 heterocycles. The molecule has 1 aromatic carbocycles. The fourth-order valence-electron chi connectivity index (χ4n) is 2.32. The average molecular weight is 300 g/mol. The van der Waals surface area contributed by atoms with Crippen molar-refractivity contribution in [1.29, 1.82) is 0 Å². The van der Waals surface area contributed by atoms with Crippen LogP contribution in [-0.4, -0.2) is 49.1 Å². The Labute approximate surface area is 126 Å². The number of hydrogen-bond acceptors (Lipinski definition) is 6. The molecule has 1 N–H and O–H groups in total. The van der Waals surface area contributed by atoms with Crippen LogP contribution < -0.4 is 11.2 Å². The molecule has 1 fully saturated rings. The van der Waals surface area contributed by atoms with Gasteiger partial charge in [0.2, 0.25) is 0 Å². The number of nitrogens with zero attached hydrogens (tertiary/aromatic N) is 1. The second kappa shape index (κ2) is 5.65. The molecule has 0 atom stereocenters. The lowest BCUT2D eigenvalue weighted by atomic mass is 9.82. The summed E-state index contributed by atoms with van der Waals surface area (Å²) in [6.07, 6.45) is 0. The number of benzene rings is 1. The van der Waals surface area contributed by atoms with Crippen molar-refractivity contribution >= 4 is 35.4 Å². The van der Waals surface area contributed by atoms with Crippen LogP contribution in [0.15, 0.2) is 35.1 Å². The van der Waals surface area contributed by atoms with Crippen LogP contribution in [0, 0.1) is 0 Å². The molecule has 0 radical (unpaired) electrons. The number of carbonyl (C=O) groups excluding carboxylic acids is 2. The monoisotopic (exact) mass is 300 g/mol. The van der Waals surface area contributed by atoms with Crippen LogP contribution in [-0.2, 0) is 18.9 Å². The number of rotatable bonds is 1. The Hall–Kier alpha value is -2.61. The number of hydrogen-bond donors (Lipinski definition) is 1. The molecule has 0 aliphatic carbocycles. The van der Waals surface area contributed by atoms with E-state index in [2.05, 4.69) is 4.98 Å². The van der Waals surface area contributed by atoms with Gasteiger partial charge in [-0.1, -0.05) is 18.2 Å². The molecule has 8 heteroatoms. The largest absolute Gasteiger partial charge is 0.653 e. The lowest BCUT2D eigenvalue weighted by Gasteiger charge is -2.22. The van der Waals surface area contributed by atoms with Crippen molar-refractivity contribution in [2.75, 3.05) is 20.1 Å². The number of aromatic nitrogens is 1. The number of likely N-dealkylation sites (N-methyl/N-ethyl adjacent to an activating group) is 1. The molecule has 1 saturated heterocycles. The minimum atomic E-state index is -1.24. The Morgan fingerprint density at radius 1 is 1.09 bits per heavy atom. The van der Waals surface area contributed by atoms with Gasteiger partial charge in [0.1, 0.15) is 0 Å². The van der Waals surface area contributed by atoms with Crippen LogP contribution in [0.4, 0.5) is 0 Å². The van der Waals surface area contributed by atoms with Gasteiger partial charge in [0.25, 0.3) is 5.56 Å². The highest BCUT2D eigenvalue weighted by Crippen LogP contribution is 2.07. The van der Waals surface area contributed by atoms with Gasteiger partial charge in [0.15, 0.2) is 0 Å². The summed E-state index contributed by atoms with van der Waals surface area (Å²) in [7, 11) is 0.367. The minimum absolute atomic E-state index is 0.0244. The summed E-state index contributed by atoms with van der Waals surface area (Å²) in [5.41, 5.74) is -0.102. The third-order valence-electron chi connectivity index (χ3n) is 3.30. The first-order chi connectivity index (χ1) is 10.5. The number of pyridine rings is 1. The van der Waals surface area contributed by atoms with E-state index in [1.807, 2.05) is 0 Å². The van der Waals surface area contributed by atoms with E-state index in [1.54, 1.807) is 37.4 Å². The summed E-state index contributed by atoms with van der Waals surface area (Å²) in [4.78, 5) is 39.6. The summed E-state index contributed by atoms with van der Waals surface area (Å²) in [6, 6.07) is 8.62.